The Balaban J connectivity index is 1.86. The lowest BCUT2D eigenvalue weighted by atomic mass is 9.90. The first-order valence-corrected chi connectivity index (χ1v) is 5.22. The van der Waals surface area contributed by atoms with Gasteiger partial charge in [-0.05, 0) is 45.7 Å². The predicted octanol–water partition coefficient (Wildman–Crippen LogP) is 0.655. The van der Waals surface area contributed by atoms with E-state index < -0.39 is 0 Å². The van der Waals surface area contributed by atoms with E-state index in [-0.39, 0.29) is 11.4 Å². The molecule has 1 heterocycles. The molecule has 1 aliphatic carbocycles. The van der Waals surface area contributed by atoms with E-state index in [2.05, 4.69) is 17.6 Å². The van der Waals surface area contributed by atoms with Crippen molar-refractivity contribution in [1.29, 1.82) is 0 Å². The van der Waals surface area contributed by atoms with E-state index in [1.807, 2.05) is 0 Å². The Labute approximate surface area is 79.3 Å². The number of piperidine rings is 1. The van der Waals surface area contributed by atoms with Gasteiger partial charge in [-0.1, -0.05) is 0 Å². The van der Waals surface area contributed by atoms with Gasteiger partial charge in [0, 0.05) is 11.5 Å². The fourth-order valence-corrected chi connectivity index (χ4v) is 1.85. The minimum absolute atomic E-state index is 0.0604. The summed E-state index contributed by atoms with van der Waals surface area (Å²) in [5.74, 6) is 0.621. The smallest absolute Gasteiger partial charge is 0.223 e. The molecule has 3 nitrogen and oxygen atoms in total. The first kappa shape index (κ1) is 9.00. The lowest BCUT2D eigenvalue weighted by Gasteiger charge is -2.35. The van der Waals surface area contributed by atoms with Crippen LogP contribution in [0.4, 0.5) is 0 Å². The minimum atomic E-state index is 0.0604. The second-order valence-corrected chi connectivity index (χ2v) is 4.57. The van der Waals surface area contributed by atoms with Crippen molar-refractivity contribution < 1.29 is 4.79 Å². The fourth-order valence-electron chi connectivity index (χ4n) is 1.85. The number of hydrogen-bond acceptors (Lipinski definition) is 2. The summed E-state index contributed by atoms with van der Waals surface area (Å²) >= 11 is 0. The predicted molar refractivity (Wildman–Crippen MR) is 51.4 cm³/mol. The van der Waals surface area contributed by atoms with Gasteiger partial charge < -0.3 is 10.6 Å². The molecule has 0 unspecified atom stereocenters. The molecule has 2 fully saturated rings. The van der Waals surface area contributed by atoms with Crippen LogP contribution in [0, 0.1) is 5.92 Å². The SMILES string of the molecule is CC1(NC(=O)C2CC2)CCNCC1. The van der Waals surface area contributed by atoms with Crippen molar-refractivity contribution in [2.24, 2.45) is 5.92 Å². The van der Waals surface area contributed by atoms with E-state index in [4.69, 9.17) is 0 Å². The summed E-state index contributed by atoms with van der Waals surface area (Å²) in [4.78, 5) is 11.5. The van der Waals surface area contributed by atoms with Gasteiger partial charge in [0.1, 0.15) is 0 Å². The van der Waals surface area contributed by atoms with Crippen LogP contribution in [-0.4, -0.2) is 24.5 Å². The molecule has 3 heteroatoms. The molecule has 2 rings (SSSR count). The Morgan fingerprint density at radius 1 is 1.38 bits per heavy atom. The quantitative estimate of drug-likeness (QED) is 0.658. The van der Waals surface area contributed by atoms with Crippen LogP contribution in [0.2, 0.25) is 0 Å². The lowest BCUT2D eigenvalue weighted by Crippen LogP contribution is -2.52. The highest BCUT2D eigenvalue weighted by Gasteiger charge is 2.35. The maximum atomic E-state index is 11.5. The van der Waals surface area contributed by atoms with Crippen molar-refractivity contribution in [3.63, 3.8) is 0 Å². The third-order valence-electron chi connectivity index (χ3n) is 3.08. The maximum absolute atomic E-state index is 11.5. The van der Waals surface area contributed by atoms with Gasteiger partial charge in [0.2, 0.25) is 5.91 Å². The van der Waals surface area contributed by atoms with E-state index in [1.54, 1.807) is 0 Å². The van der Waals surface area contributed by atoms with Gasteiger partial charge in [0.15, 0.2) is 0 Å². The second kappa shape index (κ2) is 3.29. The summed E-state index contributed by atoms with van der Waals surface area (Å²) in [6, 6.07) is 0. The molecular formula is C10H18N2O. The van der Waals surface area contributed by atoms with Crippen molar-refractivity contribution in [1.82, 2.24) is 10.6 Å². The maximum Gasteiger partial charge on any atom is 0.223 e. The summed E-state index contributed by atoms with van der Waals surface area (Å²) in [6.45, 7) is 4.22. The molecule has 74 valence electrons. The van der Waals surface area contributed by atoms with Crippen LogP contribution in [0.15, 0.2) is 0 Å². The Morgan fingerprint density at radius 2 is 2.00 bits per heavy atom. The molecule has 0 bridgehead atoms. The Kier molecular flexibility index (Phi) is 2.28. The molecule has 0 spiro atoms. The number of nitrogens with one attached hydrogen (secondary N) is 2. The molecule has 0 atom stereocenters. The topological polar surface area (TPSA) is 41.1 Å². The number of rotatable bonds is 2. The third-order valence-corrected chi connectivity index (χ3v) is 3.08. The zero-order valence-electron chi connectivity index (χ0n) is 8.23. The van der Waals surface area contributed by atoms with Crippen LogP contribution in [0.1, 0.15) is 32.6 Å². The molecule has 1 amide bonds. The normalized spacial score (nSPS) is 26.8. The van der Waals surface area contributed by atoms with Crippen LogP contribution >= 0.6 is 0 Å². The number of carbonyl (C=O) groups is 1. The second-order valence-electron chi connectivity index (χ2n) is 4.57. The standard InChI is InChI=1S/C10H18N2O/c1-10(4-6-11-7-5-10)12-9(13)8-2-3-8/h8,11H,2-7H2,1H3,(H,12,13). The van der Waals surface area contributed by atoms with E-state index in [0.29, 0.717) is 5.92 Å². The average Bonchev–Trinajstić information content (AvgIpc) is 2.86. The van der Waals surface area contributed by atoms with Gasteiger partial charge in [0.25, 0.3) is 0 Å². The van der Waals surface area contributed by atoms with Gasteiger partial charge >= 0.3 is 0 Å². The first-order chi connectivity index (χ1) is 6.20. The molecule has 0 aromatic rings. The van der Waals surface area contributed by atoms with Crippen LogP contribution in [-0.2, 0) is 4.79 Å². The number of carbonyl (C=O) groups excluding carboxylic acids is 1. The molecule has 1 aliphatic heterocycles. The van der Waals surface area contributed by atoms with E-state index >= 15 is 0 Å². The summed E-state index contributed by atoms with van der Waals surface area (Å²) in [7, 11) is 0. The zero-order valence-corrected chi connectivity index (χ0v) is 8.23. The molecular weight excluding hydrogens is 164 g/mol. The highest BCUT2D eigenvalue weighted by atomic mass is 16.2. The molecule has 0 radical (unpaired) electrons. The number of hydrogen-bond donors (Lipinski definition) is 2. The van der Waals surface area contributed by atoms with Crippen molar-refractivity contribution in [2.75, 3.05) is 13.1 Å². The van der Waals surface area contributed by atoms with Gasteiger partial charge in [0.05, 0.1) is 0 Å². The van der Waals surface area contributed by atoms with Crippen molar-refractivity contribution in [2.45, 2.75) is 38.1 Å². The third kappa shape index (κ3) is 2.21. The molecule has 0 aromatic carbocycles. The van der Waals surface area contributed by atoms with E-state index in [1.165, 1.54) is 0 Å². The molecule has 1 saturated carbocycles. The Hall–Kier alpha value is -0.570. The van der Waals surface area contributed by atoms with Crippen molar-refractivity contribution >= 4 is 5.91 Å². The van der Waals surface area contributed by atoms with Crippen LogP contribution in [0.25, 0.3) is 0 Å². The Morgan fingerprint density at radius 3 is 2.54 bits per heavy atom. The van der Waals surface area contributed by atoms with Gasteiger partial charge in [-0.25, -0.2) is 0 Å². The molecule has 1 saturated heterocycles. The highest BCUT2D eigenvalue weighted by molar-refractivity contribution is 5.81. The lowest BCUT2D eigenvalue weighted by molar-refractivity contribution is -0.124. The van der Waals surface area contributed by atoms with Gasteiger partial charge in [-0.15, -0.1) is 0 Å². The Bertz CT molecular complexity index is 205. The van der Waals surface area contributed by atoms with Gasteiger partial charge in [-0.2, -0.15) is 0 Å². The summed E-state index contributed by atoms with van der Waals surface area (Å²) in [5, 5.41) is 6.48. The first-order valence-electron chi connectivity index (χ1n) is 5.22. The largest absolute Gasteiger partial charge is 0.351 e. The van der Waals surface area contributed by atoms with Crippen molar-refractivity contribution in [3.05, 3.63) is 0 Å². The molecule has 2 N–H and O–H groups in total. The zero-order chi connectivity index (χ0) is 9.31. The minimum Gasteiger partial charge on any atom is -0.351 e. The fraction of sp³-hybridized carbons (Fsp3) is 0.900. The number of amides is 1. The van der Waals surface area contributed by atoms with E-state index in [0.717, 1.165) is 38.8 Å². The highest BCUT2D eigenvalue weighted by Crippen LogP contribution is 2.30. The monoisotopic (exact) mass is 182 g/mol. The summed E-state index contributed by atoms with van der Waals surface area (Å²) < 4.78 is 0. The molecule has 2 aliphatic rings. The van der Waals surface area contributed by atoms with Crippen LogP contribution in [0.5, 0.6) is 0 Å². The molecule has 0 aromatic heterocycles. The summed E-state index contributed by atoms with van der Waals surface area (Å²) in [6.07, 6.45) is 4.32. The summed E-state index contributed by atoms with van der Waals surface area (Å²) in [5.41, 5.74) is 0.0604. The average molecular weight is 182 g/mol. The van der Waals surface area contributed by atoms with Gasteiger partial charge in [-0.3, -0.25) is 4.79 Å². The van der Waals surface area contributed by atoms with Crippen LogP contribution in [0.3, 0.4) is 0 Å². The van der Waals surface area contributed by atoms with Crippen LogP contribution < -0.4 is 10.6 Å². The van der Waals surface area contributed by atoms with Crippen molar-refractivity contribution in [3.8, 4) is 0 Å². The van der Waals surface area contributed by atoms with E-state index in [9.17, 15) is 4.79 Å². The molecule has 13 heavy (non-hydrogen) atoms.